The predicted molar refractivity (Wildman–Crippen MR) is 79.4 cm³/mol. The van der Waals surface area contributed by atoms with Crippen LogP contribution in [0.5, 0.6) is 0 Å². The zero-order valence-electron chi connectivity index (χ0n) is 11.8. The number of benzene rings is 1. The lowest BCUT2D eigenvalue weighted by atomic mass is 10.1. The van der Waals surface area contributed by atoms with Gasteiger partial charge in [0.25, 0.3) is 0 Å². The van der Waals surface area contributed by atoms with Crippen LogP contribution in [0, 0.1) is 0 Å². The highest BCUT2D eigenvalue weighted by atomic mass is 16.3. The summed E-state index contributed by atoms with van der Waals surface area (Å²) < 4.78 is 0. The number of carbonyl (C=O) groups excluding carboxylic acids is 1. The van der Waals surface area contributed by atoms with Crippen LogP contribution in [0.2, 0.25) is 0 Å². The van der Waals surface area contributed by atoms with Gasteiger partial charge in [0.1, 0.15) is 6.61 Å². The molecule has 4 heteroatoms. The van der Waals surface area contributed by atoms with Crippen LogP contribution >= 0.6 is 0 Å². The molecule has 0 radical (unpaired) electrons. The van der Waals surface area contributed by atoms with Crippen molar-refractivity contribution in [3.63, 3.8) is 0 Å². The summed E-state index contributed by atoms with van der Waals surface area (Å²) in [5.41, 5.74) is 1.71. The van der Waals surface area contributed by atoms with Crippen molar-refractivity contribution >= 4 is 17.3 Å². The Morgan fingerprint density at radius 2 is 1.84 bits per heavy atom. The molecule has 0 bridgehead atoms. The van der Waals surface area contributed by atoms with Crippen LogP contribution in [0.25, 0.3) is 0 Å². The van der Waals surface area contributed by atoms with Crippen LogP contribution in [0.1, 0.15) is 39.5 Å². The first-order valence-electron chi connectivity index (χ1n) is 6.96. The van der Waals surface area contributed by atoms with Crippen molar-refractivity contribution in [1.29, 1.82) is 0 Å². The van der Waals surface area contributed by atoms with Crippen molar-refractivity contribution in [2.75, 3.05) is 17.2 Å². The molecule has 4 nitrogen and oxygen atoms in total. The number of nitrogens with one attached hydrogen (secondary N) is 2. The molecule has 0 fully saturated rings. The Hall–Kier alpha value is -1.55. The molecule has 3 N–H and O–H groups in total. The second-order valence-electron chi connectivity index (χ2n) is 4.71. The van der Waals surface area contributed by atoms with Gasteiger partial charge in [-0.2, -0.15) is 0 Å². The Morgan fingerprint density at radius 1 is 1.21 bits per heavy atom. The summed E-state index contributed by atoms with van der Waals surface area (Å²) in [6.45, 7) is 3.87. The summed E-state index contributed by atoms with van der Waals surface area (Å²) >= 11 is 0. The first-order valence-corrected chi connectivity index (χ1v) is 6.96. The highest BCUT2D eigenvalue weighted by Gasteiger charge is 2.07. The molecule has 0 spiro atoms. The van der Waals surface area contributed by atoms with Crippen LogP contribution in [-0.2, 0) is 4.79 Å². The van der Waals surface area contributed by atoms with E-state index in [4.69, 9.17) is 5.11 Å². The van der Waals surface area contributed by atoms with Gasteiger partial charge in [-0.15, -0.1) is 0 Å². The second-order valence-corrected chi connectivity index (χ2v) is 4.71. The molecule has 1 rings (SSSR count). The van der Waals surface area contributed by atoms with Gasteiger partial charge in [-0.3, -0.25) is 4.79 Å². The highest BCUT2D eigenvalue weighted by molar-refractivity contribution is 5.91. The molecular formula is C15H24N2O2. The zero-order chi connectivity index (χ0) is 14.1. The SMILES string of the molecule is CCCC(CCC)Nc1cccc(NC(=O)CO)c1. The summed E-state index contributed by atoms with van der Waals surface area (Å²) in [5, 5.41) is 14.9. The Morgan fingerprint density at radius 3 is 2.42 bits per heavy atom. The quantitative estimate of drug-likeness (QED) is 0.676. The fourth-order valence-electron chi connectivity index (χ4n) is 2.11. The maximum atomic E-state index is 11.1. The van der Waals surface area contributed by atoms with E-state index in [2.05, 4.69) is 24.5 Å². The van der Waals surface area contributed by atoms with E-state index in [9.17, 15) is 4.79 Å². The van der Waals surface area contributed by atoms with E-state index in [1.54, 1.807) is 0 Å². The molecular weight excluding hydrogens is 240 g/mol. The number of amides is 1. The Balaban J connectivity index is 2.66. The van der Waals surface area contributed by atoms with Crippen LogP contribution in [0.15, 0.2) is 24.3 Å². The van der Waals surface area contributed by atoms with E-state index in [0.717, 1.165) is 31.4 Å². The summed E-state index contributed by atoms with van der Waals surface area (Å²) in [6.07, 6.45) is 4.58. The third-order valence-electron chi connectivity index (χ3n) is 2.93. The number of carbonyl (C=O) groups is 1. The molecule has 0 unspecified atom stereocenters. The third kappa shape index (κ3) is 5.75. The van der Waals surface area contributed by atoms with E-state index in [1.807, 2.05) is 24.3 Å². The molecule has 0 aliphatic rings. The topological polar surface area (TPSA) is 61.4 Å². The Bertz CT molecular complexity index is 387. The smallest absolute Gasteiger partial charge is 0.250 e. The summed E-state index contributed by atoms with van der Waals surface area (Å²) in [4.78, 5) is 11.1. The lowest BCUT2D eigenvalue weighted by Crippen LogP contribution is -2.19. The number of rotatable bonds is 8. The average Bonchev–Trinajstić information content (AvgIpc) is 2.39. The molecule has 0 aliphatic heterocycles. The average molecular weight is 264 g/mol. The molecule has 0 aliphatic carbocycles. The minimum atomic E-state index is -0.494. The first kappa shape index (κ1) is 15.5. The van der Waals surface area contributed by atoms with Crippen molar-refractivity contribution in [3.8, 4) is 0 Å². The summed E-state index contributed by atoms with van der Waals surface area (Å²) in [6, 6.07) is 8.06. The van der Waals surface area contributed by atoms with Crippen molar-refractivity contribution in [2.45, 2.75) is 45.6 Å². The minimum Gasteiger partial charge on any atom is -0.387 e. The third-order valence-corrected chi connectivity index (χ3v) is 2.93. The van der Waals surface area contributed by atoms with Crippen molar-refractivity contribution < 1.29 is 9.90 Å². The highest BCUT2D eigenvalue weighted by Crippen LogP contribution is 2.18. The second kappa shape index (κ2) is 8.53. The van der Waals surface area contributed by atoms with Gasteiger partial charge in [-0.05, 0) is 31.0 Å². The number of anilines is 2. The van der Waals surface area contributed by atoms with Crippen LogP contribution < -0.4 is 10.6 Å². The molecule has 0 atom stereocenters. The number of aliphatic hydroxyl groups is 1. The summed E-state index contributed by atoms with van der Waals surface area (Å²) in [7, 11) is 0. The lowest BCUT2D eigenvalue weighted by molar-refractivity contribution is -0.118. The van der Waals surface area contributed by atoms with Gasteiger partial charge in [-0.1, -0.05) is 32.8 Å². The molecule has 106 valence electrons. The fourth-order valence-corrected chi connectivity index (χ4v) is 2.11. The largest absolute Gasteiger partial charge is 0.387 e. The Labute approximate surface area is 115 Å². The molecule has 0 aromatic heterocycles. The number of hydrogen-bond acceptors (Lipinski definition) is 3. The fraction of sp³-hybridized carbons (Fsp3) is 0.533. The van der Waals surface area contributed by atoms with Gasteiger partial charge in [-0.25, -0.2) is 0 Å². The number of aliphatic hydroxyl groups excluding tert-OH is 1. The van der Waals surface area contributed by atoms with E-state index in [-0.39, 0.29) is 0 Å². The molecule has 0 saturated carbocycles. The van der Waals surface area contributed by atoms with E-state index in [1.165, 1.54) is 0 Å². The molecule has 0 heterocycles. The standard InChI is InChI=1S/C15H24N2O2/c1-3-6-12(7-4-2)16-13-8-5-9-14(10-13)17-15(19)11-18/h5,8-10,12,16,18H,3-4,6-7,11H2,1-2H3,(H,17,19). The van der Waals surface area contributed by atoms with Gasteiger partial charge in [0.15, 0.2) is 0 Å². The van der Waals surface area contributed by atoms with Gasteiger partial charge in [0, 0.05) is 17.4 Å². The number of hydrogen-bond donors (Lipinski definition) is 3. The monoisotopic (exact) mass is 264 g/mol. The van der Waals surface area contributed by atoms with Gasteiger partial charge >= 0.3 is 0 Å². The van der Waals surface area contributed by atoms with Crippen molar-refractivity contribution in [1.82, 2.24) is 0 Å². The normalized spacial score (nSPS) is 10.5. The molecule has 19 heavy (non-hydrogen) atoms. The van der Waals surface area contributed by atoms with E-state index >= 15 is 0 Å². The van der Waals surface area contributed by atoms with E-state index < -0.39 is 12.5 Å². The van der Waals surface area contributed by atoms with Gasteiger partial charge in [0.2, 0.25) is 5.91 Å². The lowest BCUT2D eigenvalue weighted by Gasteiger charge is -2.19. The predicted octanol–water partition coefficient (Wildman–Crippen LogP) is 3.00. The van der Waals surface area contributed by atoms with Crippen molar-refractivity contribution in [2.24, 2.45) is 0 Å². The first-order chi connectivity index (χ1) is 9.19. The maximum Gasteiger partial charge on any atom is 0.250 e. The van der Waals surface area contributed by atoms with Crippen LogP contribution in [0.4, 0.5) is 11.4 Å². The molecule has 0 saturated heterocycles. The van der Waals surface area contributed by atoms with Crippen LogP contribution in [-0.4, -0.2) is 23.7 Å². The Kier molecular flexibility index (Phi) is 6.97. The van der Waals surface area contributed by atoms with Crippen molar-refractivity contribution in [3.05, 3.63) is 24.3 Å². The van der Waals surface area contributed by atoms with Gasteiger partial charge < -0.3 is 15.7 Å². The maximum absolute atomic E-state index is 11.1. The van der Waals surface area contributed by atoms with E-state index in [0.29, 0.717) is 11.7 Å². The molecule has 1 amide bonds. The molecule has 1 aromatic carbocycles. The molecule has 1 aromatic rings. The summed E-state index contributed by atoms with van der Waals surface area (Å²) in [5.74, 6) is -0.393. The minimum absolute atomic E-state index is 0.393. The van der Waals surface area contributed by atoms with Gasteiger partial charge in [0.05, 0.1) is 0 Å². The van der Waals surface area contributed by atoms with Crippen LogP contribution in [0.3, 0.4) is 0 Å². The zero-order valence-corrected chi connectivity index (χ0v) is 11.8.